The average Bonchev–Trinajstić information content (AvgIpc) is 3.53. The first-order valence-corrected chi connectivity index (χ1v) is 11.3. The van der Waals surface area contributed by atoms with E-state index in [0.717, 1.165) is 0 Å². The van der Waals surface area contributed by atoms with Gasteiger partial charge in [-0.2, -0.15) is 5.26 Å². The van der Waals surface area contributed by atoms with Crippen LogP contribution in [0.3, 0.4) is 0 Å². The third kappa shape index (κ3) is 4.09. The number of pyridine rings is 3. The standard InChI is InChI=1S/C26H23FN6O3/c1-32(2)26(34)15-10-22(35-3)24(30-13-15)23-11-19-25(36-23)17(6-8-29-19)18-4-5-21(20(12-28)31-18)33-9-7-16(27)14-33/h4-6,8,10-11,13,16H,7,9,14H2,1-3H3. The molecular formula is C26H23FN6O3. The van der Waals surface area contributed by atoms with Crippen LogP contribution in [0.4, 0.5) is 10.1 Å². The van der Waals surface area contributed by atoms with Crippen LogP contribution >= 0.6 is 0 Å². The minimum absolute atomic E-state index is 0.195. The van der Waals surface area contributed by atoms with Crippen LogP contribution in [0.2, 0.25) is 0 Å². The Labute approximate surface area is 206 Å². The van der Waals surface area contributed by atoms with Crippen LogP contribution in [0.5, 0.6) is 5.75 Å². The third-order valence-corrected chi connectivity index (χ3v) is 6.10. The first kappa shape index (κ1) is 23.2. The van der Waals surface area contributed by atoms with Crippen molar-refractivity contribution in [3.63, 3.8) is 0 Å². The zero-order valence-electron chi connectivity index (χ0n) is 20.0. The Morgan fingerprint density at radius 1 is 1.28 bits per heavy atom. The summed E-state index contributed by atoms with van der Waals surface area (Å²) in [6, 6.07) is 10.8. The number of amides is 1. The number of hydrogen-bond acceptors (Lipinski definition) is 8. The van der Waals surface area contributed by atoms with E-state index in [1.54, 1.807) is 50.6 Å². The zero-order valence-corrected chi connectivity index (χ0v) is 20.0. The lowest BCUT2D eigenvalue weighted by molar-refractivity contribution is 0.0827. The number of methoxy groups -OCH3 is 1. The summed E-state index contributed by atoms with van der Waals surface area (Å²) < 4.78 is 25.4. The molecule has 1 unspecified atom stereocenters. The van der Waals surface area contributed by atoms with Crippen LogP contribution in [0.25, 0.3) is 33.8 Å². The van der Waals surface area contributed by atoms with Gasteiger partial charge in [0, 0.05) is 51.2 Å². The van der Waals surface area contributed by atoms with Crippen molar-refractivity contribution in [3.8, 4) is 34.5 Å². The van der Waals surface area contributed by atoms with Crippen molar-refractivity contribution in [3.05, 3.63) is 54.0 Å². The van der Waals surface area contributed by atoms with E-state index in [9.17, 15) is 14.4 Å². The number of nitriles is 1. The van der Waals surface area contributed by atoms with Crippen molar-refractivity contribution in [2.45, 2.75) is 12.6 Å². The van der Waals surface area contributed by atoms with Crippen LogP contribution in [0.15, 0.2) is 47.1 Å². The smallest absolute Gasteiger partial charge is 0.255 e. The van der Waals surface area contributed by atoms with Crippen LogP contribution in [0.1, 0.15) is 22.5 Å². The average molecular weight is 487 g/mol. The molecule has 1 saturated heterocycles. The molecule has 1 amide bonds. The molecule has 5 rings (SSSR count). The molecule has 1 aliphatic rings. The van der Waals surface area contributed by atoms with Crippen molar-refractivity contribution in [2.75, 3.05) is 39.2 Å². The molecule has 1 atom stereocenters. The normalized spacial score (nSPS) is 15.2. The number of anilines is 1. The van der Waals surface area contributed by atoms with Gasteiger partial charge in [-0.05, 0) is 30.7 Å². The van der Waals surface area contributed by atoms with Gasteiger partial charge in [-0.15, -0.1) is 0 Å². The Morgan fingerprint density at radius 2 is 2.11 bits per heavy atom. The summed E-state index contributed by atoms with van der Waals surface area (Å²) in [4.78, 5) is 29.0. The van der Waals surface area contributed by atoms with Gasteiger partial charge in [-0.1, -0.05) is 0 Å². The van der Waals surface area contributed by atoms with Crippen LogP contribution in [-0.2, 0) is 0 Å². The number of halogens is 1. The van der Waals surface area contributed by atoms with E-state index in [1.807, 2.05) is 4.90 Å². The molecule has 0 radical (unpaired) electrons. The van der Waals surface area contributed by atoms with Crippen molar-refractivity contribution in [1.82, 2.24) is 19.9 Å². The number of ether oxygens (including phenoxy) is 1. The lowest BCUT2D eigenvalue weighted by Crippen LogP contribution is -2.21. The van der Waals surface area contributed by atoms with Gasteiger partial charge in [0.25, 0.3) is 5.91 Å². The lowest BCUT2D eigenvalue weighted by atomic mass is 10.1. The van der Waals surface area contributed by atoms with Gasteiger partial charge in [0.15, 0.2) is 17.0 Å². The van der Waals surface area contributed by atoms with Gasteiger partial charge in [0.2, 0.25) is 0 Å². The minimum Gasteiger partial charge on any atom is -0.494 e. The summed E-state index contributed by atoms with van der Waals surface area (Å²) in [5.41, 5.74) is 3.89. The quantitative estimate of drug-likeness (QED) is 0.415. The SMILES string of the molecule is COc1cc(C(=O)N(C)C)cnc1-c1cc2nccc(-c3ccc(N4CCC(F)C4)c(C#N)n3)c2o1. The van der Waals surface area contributed by atoms with Gasteiger partial charge in [-0.3, -0.25) is 9.78 Å². The predicted octanol–water partition coefficient (Wildman–Crippen LogP) is 4.08. The molecule has 10 heteroatoms. The fourth-order valence-corrected chi connectivity index (χ4v) is 4.29. The number of carbonyl (C=O) groups excluding carboxylic acids is 1. The summed E-state index contributed by atoms with van der Waals surface area (Å²) in [7, 11) is 4.82. The summed E-state index contributed by atoms with van der Waals surface area (Å²) in [5.74, 6) is 0.600. The highest BCUT2D eigenvalue weighted by Gasteiger charge is 2.25. The molecule has 36 heavy (non-hydrogen) atoms. The highest BCUT2D eigenvalue weighted by molar-refractivity contribution is 5.95. The third-order valence-electron chi connectivity index (χ3n) is 6.10. The molecule has 0 saturated carbocycles. The number of alkyl halides is 1. The highest BCUT2D eigenvalue weighted by atomic mass is 19.1. The number of furan rings is 1. The predicted molar refractivity (Wildman–Crippen MR) is 131 cm³/mol. The number of rotatable bonds is 5. The minimum atomic E-state index is -0.904. The van der Waals surface area contributed by atoms with E-state index >= 15 is 0 Å². The Kier molecular flexibility index (Phi) is 5.98. The molecule has 9 nitrogen and oxygen atoms in total. The topological polar surface area (TPSA) is 108 Å². The van der Waals surface area contributed by atoms with Crippen molar-refractivity contribution in [1.29, 1.82) is 5.26 Å². The van der Waals surface area contributed by atoms with Crippen molar-refractivity contribution >= 4 is 22.7 Å². The largest absolute Gasteiger partial charge is 0.494 e. The van der Waals surface area contributed by atoms with E-state index in [0.29, 0.717) is 63.8 Å². The van der Waals surface area contributed by atoms with Crippen molar-refractivity contribution in [2.24, 2.45) is 0 Å². The zero-order chi connectivity index (χ0) is 25.4. The number of fused-ring (bicyclic) bond motifs is 1. The summed E-state index contributed by atoms with van der Waals surface area (Å²) >= 11 is 0. The second-order valence-electron chi connectivity index (χ2n) is 8.67. The Morgan fingerprint density at radius 3 is 2.81 bits per heavy atom. The van der Waals surface area contributed by atoms with Crippen LogP contribution in [0, 0.1) is 11.3 Å². The number of hydrogen-bond donors (Lipinski definition) is 0. The second-order valence-corrected chi connectivity index (χ2v) is 8.67. The molecule has 0 N–H and O–H groups in total. The maximum Gasteiger partial charge on any atom is 0.255 e. The Bertz CT molecular complexity index is 1510. The molecule has 4 aromatic rings. The van der Waals surface area contributed by atoms with E-state index in [4.69, 9.17) is 9.15 Å². The lowest BCUT2D eigenvalue weighted by Gasteiger charge is -2.18. The number of nitrogens with zero attached hydrogens (tertiary/aromatic N) is 6. The molecule has 0 spiro atoms. The molecular weight excluding hydrogens is 463 g/mol. The van der Waals surface area contributed by atoms with E-state index in [-0.39, 0.29) is 18.1 Å². The van der Waals surface area contributed by atoms with Crippen LogP contribution in [-0.4, -0.2) is 66.2 Å². The van der Waals surface area contributed by atoms with Gasteiger partial charge in [0.1, 0.15) is 29.2 Å². The van der Waals surface area contributed by atoms with E-state index in [2.05, 4.69) is 21.0 Å². The first-order valence-electron chi connectivity index (χ1n) is 11.3. The van der Waals surface area contributed by atoms with Gasteiger partial charge < -0.3 is 19.0 Å². The molecule has 0 aliphatic carbocycles. The molecule has 4 aromatic heterocycles. The maximum atomic E-state index is 13.7. The molecule has 1 fully saturated rings. The van der Waals surface area contributed by atoms with Crippen molar-refractivity contribution < 1.29 is 18.3 Å². The van der Waals surface area contributed by atoms with Gasteiger partial charge >= 0.3 is 0 Å². The Balaban J connectivity index is 1.56. The second kappa shape index (κ2) is 9.26. The fourth-order valence-electron chi connectivity index (χ4n) is 4.29. The number of aromatic nitrogens is 3. The van der Waals surface area contributed by atoms with Crippen LogP contribution < -0.4 is 9.64 Å². The first-order chi connectivity index (χ1) is 17.4. The molecule has 0 bridgehead atoms. The van der Waals surface area contributed by atoms with Gasteiger partial charge in [0.05, 0.1) is 24.1 Å². The molecule has 5 heterocycles. The summed E-state index contributed by atoms with van der Waals surface area (Å²) in [6.07, 6.45) is 2.64. The highest BCUT2D eigenvalue weighted by Crippen LogP contribution is 2.37. The fraction of sp³-hybridized carbons (Fsp3) is 0.269. The van der Waals surface area contributed by atoms with E-state index < -0.39 is 6.17 Å². The van der Waals surface area contributed by atoms with E-state index in [1.165, 1.54) is 18.2 Å². The van der Waals surface area contributed by atoms with Gasteiger partial charge in [-0.25, -0.2) is 14.4 Å². The summed E-state index contributed by atoms with van der Waals surface area (Å²) in [6.45, 7) is 0.802. The molecule has 1 aliphatic heterocycles. The maximum absolute atomic E-state index is 13.7. The molecule has 0 aromatic carbocycles. The summed E-state index contributed by atoms with van der Waals surface area (Å²) in [5, 5.41) is 9.72. The Hall–Kier alpha value is -4.52. The number of carbonyl (C=O) groups is 1. The monoisotopic (exact) mass is 486 g/mol. The molecule has 182 valence electrons.